The number of aliphatic imine (C=N–C) groups is 1. The van der Waals surface area contributed by atoms with Crippen molar-refractivity contribution < 1.29 is 14.2 Å². The molecule has 2 rings (SSSR count). The van der Waals surface area contributed by atoms with Gasteiger partial charge in [-0.25, -0.2) is 0 Å². The normalized spacial score (nSPS) is 15.0. The van der Waals surface area contributed by atoms with E-state index < -0.39 is 0 Å². The third-order valence-corrected chi connectivity index (χ3v) is 5.07. The van der Waals surface area contributed by atoms with Crippen LogP contribution in [0.1, 0.15) is 38.3 Å². The zero-order chi connectivity index (χ0) is 19.8. The van der Waals surface area contributed by atoms with Crippen molar-refractivity contribution in [1.29, 1.82) is 0 Å². The van der Waals surface area contributed by atoms with Crippen LogP contribution in [0.25, 0.3) is 0 Å². The monoisotopic (exact) mass is 505 g/mol. The summed E-state index contributed by atoms with van der Waals surface area (Å²) >= 11 is 0. The van der Waals surface area contributed by atoms with Crippen molar-refractivity contribution in [3.05, 3.63) is 23.3 Å². The second-order valence-electron chi connectivity index (χ2n) is 7.15. The van der Waals surface area contributed by atoms with Crippen molar-refractivity contribution >= 4 is 29.9 Å². The molecule has 1 heterocycles. The van der Waals surface area contributed by atoms with Gasteiger partial charge in [-0.1, -0.05) is 13.8 Å². The molecule has 1 aliphatic heterocycles. The number of rotatable bonds is 8. The molecule has 1 aliphatic rings. The number of guanidine groups is 1. The Balaban J connectivity index is 0.00000392. The standard InChI is InChI=1S/C21H35N3O3.HI/c1-7-27-18(15(2)3)8-10-23-21(22-4)24-11-9-16-12-19(25-5)20(26-6)13-17(16)14-24;/h12-13,15,18H,7-11,14H2,1-6H3,(H,22,23);1H. The van der Waals surface area contributed by atoms with E-state index in [0.717, 1.165) is 56.5 Å². The lowest BCUT2D eigenvalue weighted by atomic mass is 9.99. The van der Waals surface area contributed by atoms with Gasteiger partial charge in [-0.05, 0) is 48.9 Å². The molecule has 1 aromatic rings. The fourth-order valence-electron chi connectivity index (χ4n) is 3.55. The van der Waals surface area contributed by atoms with Crippen molar-refractivity contribution in [2.24, 2.45) is 10.9 Å². The topological polar surface area (TPSA) is 55.3 Å². The van der Waals surface area contributed by atoms with Crippen LogP contribution < -0.4 is 14.8 Å². The highest BCUT2D eigenvalue weighted by Gasteiger charge is 2.22. The molecule has 0 saturated carbocycles. The summed E-state index contributed by atoms with van der Waals surface area (Å²) in [6.45, 7) is 9.82. The molecule has 0 radical (unpaired) electrons. The SMILES string of the molecule is CCOC(CCNC(=NC)N1CCc2cc(OC)c(OC)cc2C1)C(C)C.I. The van der Waals surface area contributed by atoms with Crippen LogP contribution in [0.15, 0.2) is 17.1 Å². The van der Waals surface area contributed by atoms with Crippen molar-refractivity contribution in [1.82, 2.24) is 10.2 Å². The predicted molar refractivity (Wildman–Crippen MR) is 125 cm³/mol. The molecule has 0 amide bonds. The maximum Gasteiger partial charge on any atom is 0.193 e. The molecular weight excluding hydrogens is 469 g/mol. The first kappa shape index (κ1) is 24.8. The van der Waals surface area contributed by atoms with Crippen molar-refractivity contribution in [3.8, 4) is 11.5 Å². The van der Waals surface area contributed by atoms with Crippen LogP contribution in [-0.4, -0.2) is 57.9 Å². The van der Waals surface area contributed by atoms with Gasteiger partial charge in [-0.2, -0.15) is 0 Å². The van der Waals surface area contributed by atoms with Crippen molar-refractivity contribution in [2.75, 3.05) is 41.0 Å². The lowest BCUT2D eigenvalue weighted by Crippen LogP contribution is -2.45. The molecular formula is C21H36IN3O3. The number of ether oxygens (including phenoxy) is 3. The molecule has 0 aliphatic carbocycles. The van der Waals surface area contributed by atoms with Crippen LogP contribution in [0.2, 0.25) is 0 Å². The summed E-state index contributed by atoms with van der Waals surface area (Å²) in [5.74, 6) is 3.02. The first-order valence-corrected chi connectivity index (χ1v) is 9.84. The summed E-state index contributed by atoms with van der Waals surface area (Å²) in [7, 11) is 5.20. The number of hydrogen-bond acceptors (Lipinski definition) is 4. The van der Waals surface area contributed by atoms with Gasteiger partial charge in [0.15, 0.2) is 17.5 Å². The molecule has 7 heteroatoms. The van der Waals surface area contributed by atoms with Crippen LogP contribution in [0, 0.1) is 5.92 Å². The van der Waals surface area contributed by atoms with Gasteiger partial charge >= 0.3 is 0 Å². The van der Waals surface area contributed by atoms with Gasteiger partial charge in [0.2, 0.25) is 0 Å². The summed E-state index contributed by atoms with van der Waals surface area (Å²) < 4.78 is 16.7. The van der Waals surface area contributed by atoms with Gasteiger partial charge < -0.3 is 24.4 Å². The summed E-state index contributed by atoms with van der Waals surface area (Å²) in [5.41, 5.74) is 2.58. The van der Waals surface area contributed by atoms with E-state index in [2.05, 4.69) is 48.1 Å². The third kappa shape index (κ3) is 6.40. The second kappa shape index (κ2) is 12.4. The molecule has 6 nitrogen and oxygen atoms in total. The Morgan fingerprint density at radius 2 is 1.82 bits per heavy atom. The van der Waals surface area contributed by atoms with Crippen LogP contribution in [0.4, 0.5) is 0 Å². The van der Waals surface area contributed by atoms with Crippen LogP contribution in [-0.2, 0) is 17.7 Å². The number of nitrogens with zero attached hydrogens (tertiary/aromatic N) is 2. The van der Waals surface area contributed by atoms with Crippen LogP contribution >= 0.6 is 24.0 Å². The molecule has 0 saturated heterocycles. The molecule has 1 N–H and O–H groups in total. The highest BCUT2D eigenvalue weighted by Crippen LogP contribution is 2.33. The van der Waals surface area contributed by atoms with E-state index in [1.54, 1.807) is 14.2 Å². The van der Waals surface area contributed by atoms with E-state index in [4.69, 9.17) is 14.2 Å². The second-order valence-corrected chi connectivity index (χ2v) is 7.15. The Bertz CT molecular complexity index is 638. The highest BCUT2D eigenvalue weighted by molar-refractivity contribution is 14.0. The quantitative estimate of drug-likeness (QED) is 0.332. The van der Waals surface area contributed by atoms with Gasteiger partial charge in [-0.15, -0.1) is 24.0 Å². The van der Waals surface area contributed by atoms with Gasteiger partial charge in [-0.3, -0.25) is 4.99 Å². The summed E-state index contributed by atoms with van der Waals surface area (Å²) in [5, 5.41) is 3.50. The van der Waals surface area contributed by atoms with Crippen LogP contribution in [0.5, 0.6) is 11.5 Å². The summed E-state index contributed by atoms with van der Waals surface area (Å²) in [6.07, 6.45) is 2.21. The van der Waals surface area contributed by atoms with E-state index in [1.165, 1.54) is 11.1 Å². The molecule has 1 aromatic carbocycles. The van der Waals surface area contributed by atoms with E-state index in [9.17, 15) is 0 Å². The number of benzene rings is 1. The molecule has 0 bridgehead atoms. The van der Waals surface area contributed by atoms with Crippen molar-refractivity contribution in [2.45, 2.75) is 46.3 Å². The summed E-state index contributed by atoms with van der Waals surface area (Å²) in [6, 6.07) is 4.18. The maximum atomic E-state index is 5.84. The predicted octanol–water partition coefficient (Wildman–Crippen LogP) is 3.71. The largest absolute Gasteiger partial charge is 0.493 e. The Morgan fingerprint density at radius 1 is 1.18 bits per heavy atom. The van der Waals surface area contributed by atoms with Gasteiger partial charge in [0.1, 0.15) is 0 Å². The Hall–Kier alpha value is -1.22. The van der Waals surface area contributed by atoms with Crippen molar-refractivity contribution in [3.63, 3.8) is 0 Å². The minimum atomic E-state index is 0. The van der Waals surface area contributed by atoms with E-state index >= 15 is 0 Å². The number of hydrogen-bond donors (Lipinski definition) is 1. The lowest BCUT2D eigenvalue weighted by molar-refractivity contribution is 0.0257. The first-order valence-electron chi connectivity index (χ1n) is 9.84. The summed E-state index contributed by atoms with van der Waals surface area (Å²) in [4.78, 5) is 6.77. The maximum absolute atomic E-state index is 5.84. The van der Waals surface area contributed by atoms with Gasteiger partial charge in [0.25, 0.3) is 0 Å². The Labute approximate surface area is 187 Å². The fraction of sp³-hybridized carbons (Fsp3) is 0.667. The minimum Gasteiger partial charge on any atom is -0.493 e. The van der Waals surface area contributed by atoms with Gasteiger partial charge in [0.05, 0.1) is 20.3 Å². The molecule has 1 unspecified atom stereocenters. The molecule has 1 atom stereocenters. The van der Waals surface area contributed by atoms with Crippen LogP contribution in [0.3, 0.4) is 0 Å². The number of nitrogens with one attached hydrogen (secondary N) is 1. The smallest absolute Gasteiger partial charge is 0.193 e. The fourth-order valence-corrected chi connectivity index (χ4v) is 3.55. The number of methoxy groups -OCH3 is 2. The Kier molecular flexibility index (Phi) is 11.0. The van der Waals surface area contributed by atoms with E-state index in [1.807, 2.05) is 7.05 Å². The molecule has 0 aromatic heterocycles. The third-order valence-electron chi connectivity index (χ3n) is 5.07. The van der Waals surface area contributed by atoms with Gasteiger partial charge in [0, 0.05) is 33.3 Å². The van der Waals surface area contributed by atoms with E-state index in [-0.39, 0.29) is 30.1 Å². The highest BCUT2D eigenvalue weighted by atomic mass is 127. The number of halogens is 1. The first-order chi connectivity index (χ1) is 13.0. The molecule has 28 heavy (non-hydrogen) atoms. The zero-order valence-corrected chi connectivity index (χ0v) is 20.4. The number of fused-ring (bicyclic) bond motifs is 1. The average Bonchev–Trinajstić information content (AvgIpc) is 2.68. The zero-order valence-electron chi connectivity index (χ0n) is 18.1. The molecule has 160 valence electrons. The minimum absolute atomic E-state index is 0. The Morgan fingerprint density at radius 3 is 2.36 bits per heavy atom. The molecule has 0 fully saturated rings. The molecule has 0 spiro atoms. The lowest BCUT2D eigenvalue weighted by Gasteiger charge is -2.32. The average molecular weight is 505 g/mol. The van der Waals surface area contributed by atoms with E-state index in [0.29, 0.717) is 5.92 Å².